The van der Waals surface area contributed by atoms with Crippen molar-refractivity contribution in [2.75, 3.05) is 6.54 Å². The molecule has 1 unspecified atom stereocenters. The van der Waals surface area contributed by atoms with Gasteiger partial charge >= 0.3 is 0 Å². The van der Waals surface area contributed by atoms with Crippen molar-refractivity contribution < 1.29 is 0 Å². The number of rotatable bonds is 5. The third kappa shape index (κ3) is 4.91. The van der Waals surface area contributed by atoms with Crippen molar-refractivity contribution in [3.8, 4) is 0 Å². The van der Waals surface area contributed by atoms with Crippen molar-refractivity contribution in [3.63, 3.8) is 0 Å². The van der Waals surface area contributed by atoms with Crippen LogP contribution in [-0.4, -0.2) is 12.1 Å². The van der Waals surface area contributed by atoms with E-state index in [1.165, 1.54) is 24.0 Å². The monoisotopic (exact) mass is 233 g/mol. The van der Waals surface area contributed by atoms with E-state index in [0.29, 0.717) is 5.92 Å². The maximum Gasteiger partial charge on any atom is 0.00967 e. The van der Waals surface area contributed by atoms with Crippen LogP contribution < -0.4 is 5.32 Å². The van der Waals surface area contributed by atoms with Gasteiger partial charge in [-0.05, 0) is 51.2 Å². The Kier molecular flexibility index (Phi) is 5.20. The van der Waals surface area contributed by atoms with Gasteiger partial charge in [-0.2, -0.15) is 0 Å². The van der Waals surface area contributed by atoms with Crippen molar-refractivity contribution >= 4 is 0 Å². The molecule has 0 aromatic heterocycles. The van der Waals surface area contributed by atoms with Crippen LogP contribution in [0.25, 0.3) is 0 Å². The lowest BCUT2D eigenvalue weighted by Crippen LogP contribution is -2.38. The number of benzene rings is 1. The van der Waals surface area contributed by atoms with Gasteiger partial charge in [-0.15, -0.1) is 0 Å². The SMILES string of the molecule is CCCC(CNC(C)(C)C)c1ccccc1C. The van der Waals surface area contributed by atoms with Crippen LogP contribution in [0.5, 0.6) is 0 Å². The summed E-state index contributed by atoms with van der Waals surface area (Å²) in [5, 5.41) is 3.63. The first-order valence-corrected chi connectivity index (χ1v) is 6.74. The van der Waals surface area contributed by atoms with Crippen LogP contribution in [0.3, 0.4) is 0 Å². The summed E-state index contributed by atoms with van der Waals surface area (Å²) >= 11 is 0. The molecule has 0 heterocycles. The van der Waals surface area contributed by atoms with Gasteiger partial charge in [0, 0.05) is 12.1 Å². The van der Waals surface area contributed by atoms with E-state index in [1.807, 2.05) is 0 Å². The van der Waals surface area contributed by atoms with Gasteiger partial charge < -0.3 is 5.32 Å². The predicted octanol–water partition coefficient (Wildman–Crippen LogP) is 4.27. The van der Waals surface area contributed by atoms with Crippen LogP contribution in [0.2, 0.25) is 0 Å². The second-order valence-electron chi connectivity index (χ2n) is 5.97. The summed E-state index contributed by atoms with van der Waals surface area (Å²) in [5.74, 6) is 0.639. The van der Waals surface area contributed by atoms with Crippen molar-refractivity contribution in [1.82, 2.24) is 5.32 Å². The van der Waals surface area contributed by atoms with E-state index in [9.17, 15) is 0 Å². The molecule has 0 saturated heterocycles. The predicted molar refractivity (Wildman–Crippen MR) is 76.6 cm³/mol. The first-order chi connectivity index (χ1) is 7.94. The number of hydrogen-bond donors (Lipinski definition) is 1. The molecule has 0 aliphatic carbocycles. The second kappa shape index (κ2) is 6.20. The molecule has 96 valence electrons. The minimum absolute atomic E-state index is 0.203. The summed E-state index contributed by atoms with van der Waals surface area (Å²) in [6.07, 6.45) is 2.50. The van der Waals surface area contributed by atoms with Gasteiger partial charge in [-0.1, -0.05) is 37.6 Å². The Morgan fingerprint density at radius 1 is 1.18 bits per heavy atom. The van der Waals surface area contributed by atoms with Gasteiger partial charge in [-0.3, -0.25) is 0 Å². The Morgan fingerprint density at radius 2 is 1.82 bits per heavy atom. The van der Waals surface area contributed by atoms with Crippen LogP contribution >= 0.6 is 0 Å². The molecule has 0 aliphatic rings. The minimum atomic E-state index is 0.203. The molecule has 1 rings (SSSR count). The lowest BCUT2D eigenvalue weighted by Gasteiger charge is -2.26. The Morgan fingerprint density at radius 3 is 2.35 bits per heavy atom. The van der Waals surface area contributed by atoms with Crippen LogP contribution in [0, 0.1) is 6.92 Å². The summed E-state index contributed by atoms with van der Waals surface area (Å²) in [6.45, 7) is 12.2. The third-order valence-electron chi connectivity index (χ3n) is 3.14. The molecule has 0 saturated carbocycles. The first kappa shape index (κ1) is 14.2. The fourth-order valence-corrected chi connectivity index (χ4v) is 2.19. The Labute approximate surface area is 107 Å². The Bertz CT molecular complexity index is 336. The molecule has 1 nitrogen and oxygen atoms in total. The quantitative estimate of drug-likeness (QED) is 0.801. The molecule has 0 aliphatic heterocycles. The van der Waals surface area contributed by atoms with Crippen LogP contribution in [0.15, 0.2) is 24.3 Å². The lowest BCUT2D eigenvalue weighted by molar-refractivity contribution is 0.397. The summed E-state index contributed by atoms with van der Waals surface area (Å²) in [7, 11) is 0. The normalized spacial score (nSPS) is 13.7. The molecule has 0 fully saturated rings. The smallest absolute Gasteiger partial charge is 0.00967 e. The molecule has 1 N–H and O–H groups in total. The Hall–Kier alpha value is -0.820. The maximum atomic E-state index is 3.63. The average Bonchev–Trinajstić information content (AvgIpc) is 2.24. The summed E-state index contributed by atoms with van der Waals surface area (Å²) in [4.78, 5) is 0. The zero-order chi connectivity index (χ0) is 12.9. The van der Waals surface area contributed by atoms with Crippen LogP contribution in [-0.2, 0) is 0 Å². The fraction of sp³-hybridized carbons (Fsp3) is 0.625. The highest BCUT2D eigenvalue weighted by Crippen LogP contribution is 2.24. The van der Waals surface area contributed by atoms with Gasteiger partial charge in [0.05, 0.1) is 0 Å². The molecule has 0 bridgehead atoms. The number of nitrogens with one attached hydrogen (secondary N) is 1. The van der Waals surface area contributed by atoms with Crippen LogP contribution in [0.4, 0.5) is 0 Å². The molecule has 0 radical (unpaired) electrons. The highest BCUT2D eigenvalue weighted by Gasteiger charge is 2.16. The van der Waals surface area contributed by atoms with Crippen molar-refractivity contribution in [2.45, 2.75) is 58.9 Å². The van der Waals surface area contributed by atoms with Crippen molar-refractivity contribution in [3.05, 3.63) is 35.4 Å². The Balaban J connectivity index is 2.75. The average molecular weight is 233 g/mol. The van der Waals surface area contributed by atoms with E-state index in [1.54, 1.807) is 0 Å². The molecule has 1 aromatic carbocycles. The van der Waals surface area contributed by atoms with E-state index in [2.05, 4.69) is 64.2 Å². The van der Waals surface area contributed by atoms with E-state index in [0.717, 1.165) is 6.54 Å². The first-order valence-electron chi connectivity index (χ1n) is 6.74. The third-order valence-corrected chi connectivity index (χ3v) is 3.14. The summed E-state index contributed by atoms with van der Waals surface area (Å²) < 4.78 is 0. The van der Waals surface area contributed by atoms with Gasteiger partial charge in [0.25, 0.3) is 0 Å². The zero-order valence-corrected chi connectivity index (χ0v) is 12.0. The summed E-state index contributed by atoms with van der Waals surface area (Å²) in [5.41, 5.74) is 3.13. The van der Waals surface area contributed by atoms with Gasteiger partial charge in [-0.25, -0.2) is 0 Å². The van der Waals surface area contributed by atoms with Gasteiger partial charge in [0.1, 0.15) is 0 Å². The van der Waals surface area contributed by atoms with E-state index < -0.39 is 0 Å². The largest absolute Gasteiger partial charge is 0.311 e. The van der Waals surface area contributed by atoms with Crippen molar-refractivity contribution in [1.29, 1.82) is 0 Å². The van der Waals surface area contributed by atoms with E-state index in [4.69, 9.17) is 0 Å². The highest BCUT2D eigenvalue weighted by atomic mass is 14.9. The topological polar surface area (TPSA) is 12.0 Å². The van der Waals surface area contributed by atoms with Gasteiger partial charge in [0.2, 0.25) is 0 Å². The molecular weight excluding hydrogens is 206 g/mol. The molecule has 0 amide bonds. The molecule has 1 aromatic rings. The maximum absolute atomic E-state index is 3.63. The minimum Gasteiger partial charge on any atom is -0.311 e. The molecule has 1 heteroatoms. The van der Waals surface area contributed by atoms with Crippen LogP contribution in [0.1, 0.15) is 57.6 Å². The summed E-state index contributed by atoms with van der Waals surface area (Å²) in [6, 6.07) is 8.77. The molecule has 0 spiro atoms. The van der Waals surface area contributed by atoms with E-state index >= 15 is 0 Å². The molecule has 1 atom stereocenters. The standard InChI is InChI=1S/C16H27N/c1-6-9-14(12-17-16(3,4)5)15-11-8-7-10-13(15)2/h7-8,10-11,14,17H,6,9,12H2,1-5H3. The van der Waals surface area contributed by atoms with Crippen molar-refractivity contribution in [2.24, 2.45) is 0 Å². The highest BCUT2D eigenvalue weighted by molar-refractivity contribution is 5.29. The lowest BCUT2D eigenvalue weighted by atomic mass is 9.90. The molecule has 17 heavy (non-hydrogen) atoms. The molecular formula is C16H27N. The number of hydrogen-bond acceptors (Lipinski definition) is 1. The van der Waals surface area contributed by atoms with E-state index in [-0.39, 0.29) is 5.54 Å². The van der Waals surface area contributed by atoms with Gasteiger partial charge in [0.15, 0.2) is 0 Å². The fourth-order valence-electron chi connectivity index (χ4n) is 2.19. The number of aryl methyl sites for hydroxylation is 1. The zero-order valence-electron chi connectivity index (χ0n) is 12.0. The second-order valence-corrected chi connectivity index (χ2v) is 5.97.